The molecule has 0 aliphatic heterocycles. The molecule has 0 aromatic carbocycles. The summed E-state index contributed by atoms with van der Waals surface area (Å²) >= 11 is 0. The lowest BCUT2D eigenvalue weighted by atomic mass is 10.1. The summed E-state index contributed by atoms with van der Waals surface area (Å²) in [4.78, 5) is 16.4. The first-order valence-corrected chi connectivity index (χ1v) is 11.0. The van der Waals surface area contributed by atoms with Crippen molar-refractivity contribution in [1.29, 1.82) is 0 Å². The van der Waals surface area contributed by atoms with Gasteiger partial charge in [-0.1, -0.05) is 0 Å². The molecule has 0 rings (SSSR count). The van der Waals surface area contributed by atoms with E-state index >= 15 is 0 Å². The van der Waals surface area contributed by atoms with Crippen molar-refractivity contribution in [3.05, 3.63) is 0 Å². The topological polar surface area (TPSA) is 121 Å². The molecule has 160 valence electrons. The van der Waals surface area contributed by atoms with Crippen molar-refractivity contribution in [2.45, 2.75) is 66.0 Å². The number of carbonyl (C=O) groups is 1. The van der Waals surface area contributed by atoms with Crippen LogP contribution >= 0.6 is 0 Å². The zero-order valence-corrected chi connectivity index (χ0v) is 18.5. The zero-order valence-electron chi connectivity index (χ0n) is 17.7. The van der Waals surface area contributed by atoms with Gasteiger partial charge >= 0.3 is 6.09 Å². The van der Waals surface area contributed by atoms with Crippen LogP contribution in [0.1, 0.15) is 54.9 Å². The van der Waals surface area contributed by atoms with Crippen molar-refractivity contribution in [3.8, 4) is 0 Å². The molecule has 0 unspecified atom stereocenters. The molecular formula is C17H37N5O4S. The van der Waals surface area contributed by atoms with Gasteiger partial charge in [0.25, 0.3) is 0 Å². The molecule has 0 aliphatic carbocycles. The third-order valence-electron chi connectivity index (χ3n) is 3.16. The molecule has 0 spiro atoms. The molecule has 0 aliphatic rings. The van der Waals surface area contributed by atoms with E-state index in [1.165, 1.54) is 0 Å². The van der Waals surface area contributed by atoms with E-state index in [2.05, 4.69) is 25.7 Å². The van der Waals surface area contributed by atoms with Crippen LogP contribution < -0.4 is 20.7 Å². The van der Waals surface area contributed by atoms with Crippen molar-refractivity contribution in [2.75, 3.05) is 31.9 Å². The lowest BCUT2D eigenvalue weighted by Crippen LogP contribution is -2.49. The van der Waals surface area contributed by atoms with Crippen LogP contribution in [0.3, 0.4) is 0 Å². The summed E-state index contributed by atoms with van der Waals surface area (Å²) in [5.74, 6) is 0.680. The van der Waals surface area contributed by atoms with Crippen LogP contribution in [0.2, 0.25) is 0 Å². The highest BCUT2D eigenvalue weighted by Gasteiger charge is 2.24. The van der Waals surface area contributed by atoms with Gasteiger partial charge in [-0.25, -0.2) is 17.9 Å². The molecule has 27 heavy (non-hydrogen) atoms. The van der Waals surface area contributed by atoms with E-state index in [9.17, 15) is 13.2 Å². The molecule has 0 aromatic heterocycles. The van der Waals surface area contributed by atoms with Crippen molar-refractivity contribution in [2.24, 2.45) is 4.99 Å². The second-order valence-electron chi connectivity index (χ2n) is 7.78. The molecule has 0 aromatic rings. The van der Waals surface area contributed by atoms with Crippen LogP contribution in [0.5, 0.6) is 0 Å². The Morgan fingerprint density at radius 1 is 1.04 bits per heavy atom. The van der Waals surface area contributed by atoms with Gasteiger partial charge in [0.1, 0.15) is 5.60 Å². The number of carbonyl (C=O) groups excluding carboxylic acids is 1. The van der Waals surface area contributed by atoms with E-state index in [4.69, 9.17) is 4.74 Å². The van der Waals surface area contributed by atoms with Gasteiger partial charge in [-0.2, -0.15) is 0 Å². The van der Waals surface area contributed by atoms with Crippen LogP contribution in [0, 0.1) is 0 Å². The second-order valence-corrected chi connectivity index (χ2v) is 9.88. The number of hydrogen-bond donors (Lipinski definition) is 4. The molecule has 0 fully saturated rings. The fourth-order valence-electron chi connectivity index (χ4n) is 1.86. The maximum Gasteiger partial charge on any atom is 0.408 e. The fourth-order valence-corrected chi connectivity index (χ4v) is 2.52. The number of aliphatic imine (C=N–C) groups is 1. The maximum absolute atomic E-state index is 11.9. The number of nitrogens with one attached hydrogen (secondary N) is 4. The molecular weight excluding hydrogens is 370 g/mol. The predicted molar refractivity (Wildman–Crippen MR) is 110 cm³/mol. The van der Waals surface area contributed by atoms with Gasteiger partial charge in [0, 0.05) is 19.6 Å². The average molecular weight is 408 g/mol. The minimum Gasteiger partial charge on any atom is -0.444 e. The van der Waals surface area contributed by atoms with Gasteiger partial charge in [-0.3, -0.25) is 4.99 Å². The Morgan fingerprint density at radius 2 is 1.67 bits per heavy atom. The first-order chi connectivity index (χ1) is 12.3. The van der Waals surface area contributed by atoms with Crippen molar-refractivity contribution < 1.29 is 17.9 Å². The third-order valence-corrected chi connectivity index (χ3v) is 4.57. The van der Waals surface area contributed by atoms with Gasteiger partial charge in [-0.15, -0.1) is 0 Å². The average Bonchev–Trinajstić information content (AvgIpc) is 2.49. The van der Waals surface area contributed by atoms with Crippen LogP contribution in [-0.2, 0) is 14.8 Å². The highest BCUT2D eigenvalue weighted by molar-refractivity contribution is 7.89. The van der Waals surface area contributed by atoms with Crippen LogP contribution in [0.4, 0.5) is 4.79 Å². The Morgan fingerprint density at radius 3 is 2.19 bits per heavy atom. The summed E-state index contributed by atoms with van der Waals surface area (Å²) < 4.78 is 30.5. The molecule has 0 saturated heterocycles. The van der Waals surface area contributed by atoms with Gasteiger partial charge < -0.3 is 20.7 Å². The normalized spacial score (nSPS) is 13.2. The summed E-state index contributed by atoms with van der Waals surface area (Å²) in [6.45, 7) is 14.7. The van der Waals surface area contributed by atoms with Crippen molar-refractivity contribution in [3.63, 3.8) is 0 Å². The van der Waals surface area contributed by atoms with Crippen LogP contribution in [0.25, 0.3) is 0 Å². The maximum atomic E-state index is 11.9. The lowest BCUT2D eigenvalue weighted by Gasteiger charge is -2.27. The zero-order chi connectivity index (χ0) is 21.1. The van der Waals surface area contributed by atoms with Gasteiger partial charge in [0.05, 0.1) is 17.8 Å². The fraction of sp³-hybridized carbons (Fsp3) is 0.882. The molecule has 4 N–H and O–H groups in total. The number of sulfonamides is 1. The van der Waals surface area contributed by atoms with E-state index in [1.54, 1.807) is 6.92 Å². The standard InChI is InChI=1S/C17H37N5O4S/c1-8-18-14(19-11-10-12-21-27(24,25)9-2)20-13-17(6,7)22-15(23)26-16(3,4)5/h21H,8-13H2,1-7H3,(H,22,23)(H2,18,19,20). The Labute approximate surface area is 164 Å². The molecule has 0 bridgehead atoms. The second kappa shape index (κ2) is 11.3. The highest BCUT2D eigenvalue weighted by Crippen LogP contribution is 2.09. The molecule has 0 saturated carbocycles. The van der Waals surface area contributed by atoms with Crippen molar-refractivity contribution in [1.82, 2.24) is 20.7 Å². The Bertz CT molecular complexity index is 583. The van der Waals surface area contributed by atoms with Crippen molar-refractivity contribution >= 4 is 22.1 Å². The number of hydrogen-bond acceptors (Lipinski definition) is 5. The number of ether oxygens (including phenoxy) is 1. The van der Waals surface area contributed by atoms with Gasteiger partial charge in [-0.05, 0) is 54.9 Å². The third kappa shape index (κ3) is 14.2. The molecule has 1 amide bonds. The number of alkyl carbamates (subject to hydrolysis) is 1. The molecule has 0 heterocycles. The van der Waals surface area contributed by atoms with Gasteiger partial charge in [0.2, 0.25) is 10.0 Å². The smallest absolute Gasteiger partial charge is 0.408 e. The highest BCUT2D eigenvalue weighted by atomic mass is 32.2. The number of amides is 1. The summed E-state index contributed by atoms with van der Waals surface area (Å²) in [6.07, 6.45) is 0.146. The summed E-state index contributed by atoms with van der Waals surface area (Å²) in [5.41, 5.74) is -1.14. The van der Waals surface area contributed by atoms with E-state index in [0.29, 0.717) is 38.6 Å². The van der Waals surface area contributed by atoms with E-state index in [-0.39, 0.29) is 5.75 Å². The van der Waals surface area contributed by atoms with E-state index in [0.717, 1.165) is 0 Å². The van der Waals surface area contributed by atoms with E-state index in [1.807, 2.05) is 41.5 Å². The van der Waals surface area contributed by atoms with Gasteiger partial charge in [0.15, 0.2) is 5.96 Å². The lowest BCUT2D eigenvalue weighted by molar-refractivity contribution is 0.0476. The molecule has 10 heteroatoms. The first-order valence-electron chi connectivity index (χ1n) is 9.31. The van der Waals surface area contributed by atoms with Crippen LogP contribution in [-0.4, -0.2) is 63.5 Å². The minimum atomic E-state index is -3.16. The summed E-state index contributed by atoms with van der Waals surface area (Å²) in [6, 6.07) is 0. The number of rotatable bonds is 10. The summed E-state index contributed by atoms with van der Waals surface area (Å²) in [5, 5.41) is 9.08. The Hall–Kier alpha value is -1.55. The minimum absolute atomic E-state index is 0.0737. The predicted octanol–water partition coefficient (Wildman–Crippen LogP) is 1.17. The molecule has 0 atom stereocenters. The monoisotopic (exact) mass is 407 g/mol. The number of nitrogens with zero attached hydrogens (tertiary/aromatic N) is 1. The van der Waals surface area contributed by atoms with Crippen LogP contribution in [0.15, 0.2) is 4.99 Å². The Balaban J connectivity index is 4.50. The SMILES string of the molecule is CCNC(=NCC(C)(C)NC(=O)OC(C)(C)C)NCCCNS(=O)(=O)CC. The number of guanidine groups is 1. The van der Waals surface area contributed by atoms with E-state index < -0.39 is 27.3 Å². The quantitative estimate of drug-likeness (QED) is 0.245. The summed E-state index contributed by atoms with van der Waals surface area (Å²) in [7, 11) is -3.16. The Kier molecular flexibility index (Phi) is 10.7. The first kappa shape index (κ1) is 25.4. The molecule has 9 nitrogen and oxygen atoms in total. The largest absolute Gasteiger partial charge is 0.444 e. The molecule has 0 radical (unpaired) electrons.